The monoisotopic (exact) mass is 504 g/mol. The molecule has 7 heteroatoms. The Morgan fingerprint density at radius 2 is 1.78 bits per heavy atom. The van der Waals surface area contributed by atoms with E-state index in [9.17, 15) is 15.0 Å². The summed E-state index contributed by atoms with van der Waals surface area (Å²) in [6.07, 6.45) is 6.32. The van der Waals surface area contributed by atoms with Crippen LogP contribution in [0.5, 0.6) is 11.5 Å². The van der Waals surface area contributed by atoms with Crippen molar-refractivity contribution in [3.8, 4) is 11.5 Å². The van der Waals surface area contributed by atoms with Gasteiger partial charge < -0.3 is 15.5 Å². The van der Waals surface area contributed by atoms with Crippen LogP contribution in [0.25, 0.3) is 0 Å². The number of amides is 1. The second-order valence-electron chi connectivity index (χ2n) is 10.4. The van der Waals surface area contributed by atoms with E-state index in [0.717, 1.165) is 25.3 Å². The maximum atomic E-state index is 13.3. The number of anilines is 1. The number of aliphatic imine (C=N–C) groups is 1. The number of phenols is 2. The molecule has 0 radical (unpaired) electrons. The lowest BCUT2D eigenvalue weighted by atomic mass is 9.97. The number of amidine groups is 1. The Balaban J connectivity index is 1.79. The summed E-state index contributed by atoms with van der Waals surface area (Å²) in [7, 11) is 0. The van der Waals surface area contributed by atoms with Crippen LogP contribution in [-0.4, -0.2) is 52.5 Å². The first-order chi connectivity index (χ1) is 17.8. The Bertz CT molecular complexity index is 1160. The van der Waals surface area contributed by atoms with Crippen molar-refractivity contribution in [3.63, 3.8) is 0 Å². The highest BCUT2D eigenvalue weighted by Gasteiger charge is 2.30. The minimum absolute atomic E-state index is 0.0454. The molecule has 1 unspecified atom stereocenters. The quantitative estimate of drug-likeness (QED) is 0.478. The smallest absolute Gasteiger partial charge is 0.267 e. The van der Waals surface area contributed by atoms with Crippen molar-refractivity contribution < 1.29 is 15.0 Å². The maximum absolute atomic E-state index is 13.3. The van der Waals surface area contributed by atoms with Gasteiger partial charge in [0.1, 0.15) is 23.0 Å². The van der Waals surface area contributed by atoms with Crippen LogP contribution in [0.1, 0.15) is 76.0 Å². The van der Waals surface area contributed by atoms with Gasteiger partial charge in [-0.25, -0.2) is 0 Å². The molecule has 2 aromatic rings. The van der Waals surface area contributed by atoms with Gasteiger partial charge in [-0.15, -0.1) is 0 Å². The summed E-state index contributed by atoms with van der Waals surface area (Å²) in [6.45, 7) is 11.6. The zero-order valence-electron chi connectivity index (χ0n) is 22.5. The summed E-state index contributed by atoms with van der Waals surface area (Å²) in [5, 5.41) is 24.3. The van der Waals surface area contributed by atoms with E-state index in [-0.39, 0.29) is 29.4 Å². The Morgan fingerprint density at radius 3 is 2.43 bits per heavy atom. The van der Waals surface area contributed by atoms with Gasteiger partial charge in [0.05, 0.1) is 11.6 Å². The number of hydrogen-bond acceptors (Lipinski definition) is 6. The van der Waals surface area contributed by atoms with Gasteiger partial charge in [0.25, 0.3) is 5.91 Å². The molecule has 0 bridgehead atoms. The maximum Gasteiger partial charge on any atom is 0.267 e. The minimum atomic E-state index is -0.191. The third kappa shape index (κ3) is 6.16. The molecule has 1 amide bonds. The van der Waals surface area contributed by atoms with E-state index in [0.29, 0.717) is 35.6 Å². The molecule has 2 aliphatic heterocycles. The fourth-order valence-electron chi connectivity index (χ4n) is 5.07. The second-order valence-corrected chi connectivity index (χ2v) is 10.4. The number of likely N-dealkylation sites (tertiary alicyclic amines) is 1. The Morgan fingerprint density at radius 1 is 1.08 bits per heavy atom. The molecule has 0 spiro atoms. The number of phenolic OH excluding ortho intramolecular Hbond substituents is 2. The van der Waals surface area contributed by atoms with E-state index in [4.69, 9.17) is 4.99 Å². The highest BCUT2D eigenvalue weighted by atomic mass is 16.3. The van der Waals surface area contributed by atoms with Crippen LogP contribution in [0, 0.1) is 0 Å². The van der Waals surface area contributed by atoms with Crippen LogP contribution < -0.4 is 10.2 Å². The summed E-state index contributed by atoms with van der Waals surface area (Å²) in [6, 6.07) is 11.3. The lowest BCUT2D eigenvalue weighted by Crippen LogP contribution is -2.39. The van der Waals surface area contributed by atoms with Crippen molar-refractivity contribution in [2.24, 2.45) is 4.99 Å². The summed E-state index contributed by atoms with van der Waals surface area (Å²) in [4.78, 5) is 22.6. The molecule has 37 heavy (non-hydrogen) atoms. The fraction of sp³-hybridized carbons (Fsp3) is 0.467. The van der Waals surface area contributed by atoms with Crippen molar-refractivity contribution in [2.45, 2.75) is 71.9 Å². The van der Waals surface area contributed by atoms with Gasteiger partial charge in [-0.05, 0) is 81.4 Å². The van der Waals surface area contributed by atoms with Crippen LogP contribution in [0.2, 0.25) is 0 Å². The molecular weight excluding hydrogens is 464 g/mol. The number of piperidine rings is 1. The van der Waals surface area contributed by atoms with Gasteiger partial charge in [0.2, 0.25) is 0 Å². The average Bonchev–Trinajstić information content (AvgIpc) is 3.04. The number of rotatable bonds is 7. The van der Waals surface area contributed by atoms with E-state index in [2.05, 4.69) is 22.3 Å². The molecule has 3 N–H and O–H groups in total. The standard InChI is InChI=1S/C30H40N4O3/c1-5-31-30(37)26-14-9-21(4)32-29(25-17-24(20(2)3)27(35)18-28(25)36)34(26)23-12-10-22(11-13-23)19-33-15-7-6-8-16-33/h10-14,17-18,20-21,35-36H,5-9,15-16,19H2,1-4H3,(H,31,37). The number of likely N-dealkylation sites (N-methyl/N-ethyl adjacent to an activating group) is 1. The molecule has 4 rings (SSSR count). The summed E-state index contributed by atoms with van der Waals surface area (Å²) < 4.78 is 0. The number of hydrogen-bond donors (Lipinski definition) is 3. The van der Waals surface area contributed by atoms with E-state index >= 15 is 0 Å². The number of carbonyl (C=O) groups is 1. The SMILES string of the molecule is CCNC(=O)C1=CCC(C)N=C(c2cc(C(C)C)c(O)cc2O)N1c1ccc(CN2CCCCC2)cc1. The lowest BCUT2D eigenvalue weighted by Gasteiger charge is -2.29. The molecule has 1 fully saturated rings. The zero-order valence-corrected chi connectivity index (χ0v) is 22.5. The number of nitrogens with zero attached hydrogens (tertiary/aromatic N) is 3. The molecule has 2 aromatic carbocycles. The molecule has 2 heterocycles. The van der Waals surface area contributed by atoms with Gasteiger partial charge >= 0.3 is 0 Å². The molecule has 198 valence electrons. The minimum Gasteiger partial charge on any atom is -0.508 e. The molecule has 2 aliphatic rings. The molecular formula is C30H40N4O3. The molecule has 1 atom stereocenters. The molecule has 0 aliphatic carbocycles. The Labute approximate surface area is 220 Å². The molecule has 1 saturated heterocycles. The van der Waals surface area contributed by atoms with Gasteiger partial charge in [0, 0.05) is 24.8 Å². The predicted molar refractivity (Wildman–Crippen MR) is 149 cm³/mol. The van der Waals surface area contributed by atoms with Crippen LogP contribution in [0.15, 0.2) is 53.2 Å². The highest BCUT2D eigenvalue weighted by Crippen LogP contribution is 2.36. The second kappa shape index (κ2) is 11.8. The van der Waals surface area contributed by atoms with Gasteiger partial charge in [-0.1, -0.05) is 38.5 Å². The summed E-state index contributed by atoms with van der Waals surface area (Å²) in [5.74, 6) is 0.321. The first-order valence-corrected chi connectivity index (χ1v) is 13.5. The summed E-state index contributed by atoms with van der Waals surface area (Å²) >= 11 is 0. The molecule has 7 nitrogen and oxygen atoms in total. The van der Waals surface area contributed by atoms with Crippen molar-refractivity contribution in [2.75, 3.05) is 24.5 Å². The van der Waals surface area contributed by atoms with Crippen LogP contribution in [0.3, 0.4) is 0 Å². The van der Waals surface area contributed by atoms with Gasteiger partial charge in [-0.3, -0.25) is 19.6 Å². The largest absolute Gasteiger partial charge is 0.508 e. The third-order valence-corrected chi connectivity index (χ3v) is 7.07. The van der Waals surface area contributed by atoms with Crippen molar-refractivity contribution in [3.05, 3.63) is 64.9 Å². The van der Waals surface area contributed by atoms with Crippen molar-refractivity contribution in [1.29, 1.82) is 0 Å². The topological polar surface area (TPSA) is 88.4 Å². The first-order valence-electron chi connectivity index (χ1n) is 13.5. The highest BCUT2D eigenvalue weighted by molar-refractivity contribution is 6.18. The van der Waals surface area contributed by atoms with E-state index < -0.39 is 0 Å². The average molecular weight is 505 g/mol. The first kappa shape index (κ1) is 26.7. The number of nitrogens with one attached hydrogen (secondary N) is 1. The van der Waals surface area contributed by atoms with Crippen LogP contribution in [0.4, 0.5) is 5.69 Å². The summed E-state index contributed by atoms with van der Waals surface area (Å²) in [5.41, 5.74) is 3.71. The van der Waals surface area contributed by atoms with Crippen LogP contribution >= 0.6 is 0 Å². The number of benzene rings is 2. The number of aromatic hydroxyl groups is 2. The zero-order chi connectivity index (χ0) is 26.5. The Hall–Kier alpha value is -3.32. The van der Waals surface area contributed by atoms with E-state index in [1.807, 2.05) is 50.8 Å². The van der Waals surface area contributed by atoms with Crippen LogP contribution in [-0.2, 0) is 11.3 Å². The van der Waals surface area contributed by atoms with Gasteiger partial charge in [-0.2, -0.15) is 0 Å². The van der Waals surface area contributed by atoms with Gasteiger partial charge in [0.15, 0.2) is 0 Å². The Kier molecular flexibility index (Phi) is 8.54. The van der Waals surface area contributed by atoms with Crippen molar-refractivity contribution >= 4 is 17.4 Å². The normalized spacial score (nSPS) is 18.8. The van der Waals surface area contributed by atoms with E-state index in [1.54, 1.807) is 6.07 Å². The van der Waals surface area contributed by atoms with E-state index in [1.165, 1.54) is 30.9 Å². The predicted octanol–water partition coefficient (Wildman–Crippen LogP) is 5.27. The molecule has 0 saturated carbocycles. The molecule has 0 aromatic heterocycles. The fourth-order valence-corrected chi connectivity index (χ4v) is 5.07. The van der Waals surface area contributed by atoms with Crippen molar-refractivity contribution in [1.82, 2.24) is 10.2 Å². The third-order valence-electron chi connectivity index (χ3n) is 7.07. The number of carbonyl (C=O) groups excluding carboxylic acids is 1. The lowest BCUT2D eigenvalue weighted by molar-refractivity contribution is -0.117.